The van der Waals surface area contributed by atoms with Crippen LogP contribution in [0.25, 0.3) is 0 Å². The van der Waals surface area contributed by atoms with E-state index in [2.05, 4.69) is 20.8 Å². The van der Waals surface area contributed by atoms with E-state index < -0.39 is 0 Å². The van der Waals surface area contributed by atoms with Crippen molar-refractivity contribution in [3.05, 3.63) is 0 Å². The van der Waals surface area contributed by atoms with Gasteiger partial charge in [-0.05, 0) is 11.8 Å². The summed E-state index contributed by atoms with van der Waals surface area (Å²) in [4.78, 5) is 0. The molecule has 2 heteroatoms. The lowest BCUT2D eigenvalue weighted by Crippen LogP contribution is -2.54. The van der Waals surface area contributed by atoms with E-state index in [1.165, 1.54) is 0 Å². The Morgan fingerprint density at radius 3 is 2.09 bits per heavy atom. The molecule has 0 atom stereocenters. The predicted molar refractivity (Wildman–Crippen MR) is 44.4 cm³/mol. The average molecular weight is 158 g/mol. The number of hydrogen-bond acceptors (Lipinski definition) is 2. The van der Waals surface area contributed by atoms with Crippen molar-refractivity contribution >= 4 is 0 Å². The van der Waals surface area contributed by atoms with Gasteiger partial charge in [-0.1, -0.05) is 20.8 Å². The fourth-order valence-electron chi connectivity index (χ4n) is 1.59. The molecule has 0 spiro atoms. The molecule has 1 rings (SSSR count). The first-order valence-electron chi connectivity index (χ1n) is 4.26. The Morgan fingerprint density at radius 1 is 1.45 bits per heavy atom. The quantitative estimate of drug-likeness (QED) is 0.673. The molecule has 1 aliphatic heterocycles. The fraction of sp³-hybridized carbons (Fsp3) is 1.00. The second-order valence-electron chi connectivity index (χ2n) is 4.17. The highest BCUT2D eigenvalue weighted by Crippen LogP contribution is 2.47. The Kier molecular flexibility index (Phi) is 2.26. The molecule has 0 saturated carbocycles. The molecular formula is C9H18O2. The van der Waals surface area contributed by atoms with Crippen LogP contribution in [0.3, 0.4) is 0 Å². The van der Waals surface area contributed by atoms with E-state index in [0.717, 1.165) is 19.6 Å². The van der Waals surface area contributed by atoms with Crippen LogP contribution in [-0.2, 0) is 4.74 Å². The highest BCUT2D eigenvalue weighted by Gasteiger charge is 2.48. The third-order valence-corrected chi connectivity index (χ3v) is 3.26. The summed E-state index contributed by atoms with van der Waals surface area (Å²) in [7, 11) is 0. The summed E-state index contributed by atoms with van der Waals surface area (Å²) in [6, 6.07) is 0. The van der Waals surface area contributed by atoms with Gasteiger partial charge in [-0.2, -0.15) is 0 Å². The van der Waals surface area contributed by atoms with Crippen molar-refractivity contribution in [3.63, 3.8) is 0 Å². The Balaban J connectivity index is 2.68. The smallest absolute Gasteiger partial charge is 0.0550 e. The maximum absolute atomic E-state index is 9.17. The predicted octanol–water partition coefficient (Wildman–Crippen LogP) is 1.43. The van der Waals surface area contributed by atoms with Crippen LogP contribution in [0, 0.1) is 10.8 Å². The van der Waals surface area contributed by atoms with Gasteiger partial charge in [0.15, 0.2) is 0 Å². The zero-order valence-corrected chi connectivity index (χ0v) is 7.68. The molecule has 1 heterocycles. The second kappa shape index (κ2) is 2.76. The van der Waals surface area contributed by atoms with E-state index in [-0.39, 0.29) is 17.4 Å². The zero-order chi connectivity index (χ0) is 8.54. The molecule has 0 aromatic carbocycles. The molecule has 0 aromatic rings. The van der Waals surface area contributed by atoms with Crippen molar-refractivity contribution < 1.29 is 9.84 Å². The Hall–Kier alpha value is -0.0800. The van der Waals surface area contributed by atoms with E-state index in [1.54, 1.807) is 0 Å². The van der Waals surface area contributed by atoms with Crippen LogP contribution >= 0.6 is 0 Å². The van der Waals surface area contributed by atoms with Gasteiger partial charge in [0.1, 0.15) is 0 Å². The van der Waals surface area contributed by atoms with Crippen LogP contribution in [0.2, 0.25) is 0 Å². The molecule has 0 unspecified atom stereocenters. The largest absolute Gasteiger partial charge is 0.396 e. The minimum atomic E-state index is 0.0139. The summed E-state index contributed by atoms with van der Waals surface area (Å²) in [6.07, 6.45) is 1.10. The van der Waals surface area contributed by atoms with Crippen molar-refractivity contribution in [1.29, 1.82) is 0 Å². The van der Waals surface area contributed by atoms with Crippen molar-refractivity contribution in [2.75, 3.05) is 19.8 Å². The van der Waals surface area contributed by atoms with E-state index in [4.69, 9.17) is 4.74 Å². The summed E-state index contributed by atoms with van der Waals surface area (Å²) in [5.41, 5.74) is 0.252. The van der Waals surface area contributed by atoms with Crippen molar-refractivity contribution in [2.24, 2.45) is 10.8 Å². The number of aliphatic hydroxyl groups excluding tert-OH is 1. The third kappa shape index (κ3) is 1.18. The standard InChI is InChI=1S/C9H18O2/c1-4-9(6-11-7-9)8(2,3)5-10/h10H,4-7H2,1-3H3. The molecule has 11 heavy (non-hydrogen) atoms. The van der Waals surface area contributed by atoms with E-state index >= 15 is 0 Å². The molecule has 2 nitrogen and oxygen atoms in total. The number of rotatable bonds is 3. The van der Waals surface area contributed by atoms with Gasteiger partial charge in [-0.25, -0.2) is 0 Å². The monoisotopic (exact) mass is 158 g/mol. The molecule has 1 fully saturated rings. The van der Waals surface area contributed by atoms with Gasteiger partial charge in [0.05, 0.1) is 13.2 Å². The maximum Gasteiger partial charge on any atom is 0.0550 e. The van der Waals surface area contributed by atoms with E-state index in [0.29, 0.717) is 0 Å². The minimum Gasteiger partial charge on any atom is -0.396 e. The first-order chi connectivity index (χ1) is 5.08. The summed E-state index contributed by atoms with van der Waals surface area (Å²) >= 11 is 0. The lowest BCUT2D eigenvalue weighted by molar-refractivity contribution is -0.187. The number of ether oxygens (including phenoxy) is 1. The third-order valence-electron chi connectivity index (χ3n) is 3.26. The molecule has 0 aliphatic carbocycles. The highest BCUT2D eigenvalue weighted by atomic mass is 16.5. The second-order valence-corrected chi connectivity index (χ2v) is 4.17. The van der Waals surface area contributed by atoms with Crippen LogP contribution in [0.4, 0.5) is 0 Å². The molecule has 66 valence electrons. The molecule has 0 radical (unpaired) electrons. The topological polar surface area (TPSA) is 29.5 Å². The van der Waals surface area contributed by atoms with Gasteiger partial charge < -0.3 is 9.84 Å². The summed E-state index contributed by atoms with van der Waals surface area (Å²) in [5.74, 6) is 0. The Labute approximate surface area is 68.6 Å². The van der Waals surface area contributed by atoms with Crippen LogP contribution in [0.1, 0.15) is 27.2 Å². The normalized spacial score (nSPS) is 22.9. The molecular weight excluding hydrogens is 140 g/mol. The molecule has 0 amide bonds. The first kappa shape index (κ1) is 9.01. The summed E-state index contributed by atoms with van der Waals surface area (Å²) < 4.78 is 5.21. The molecule has 0 aromatic heterocycles. The summed E-state index contributed by atoms with van der Waals surface area (Å²) in [5, 5.41) is 9.17. The van der Waals surface area contributed by atoms with Gasteiger partial charge in [-0.3, -0.25) is 0 Å². The molecule has 1 aliphatic rings. The van der Waals surface area contributed by atoms with Crippen LogP contribution in [-0.4, -0.2) is 24.9 Å². The van der Waals surface area contributed by atoms with E-state index in [1.807, 2.05) is 0 Å². The van der Waals surface area contributed by atoms with Gasteiger partial charge in [0.25, 0.3) is 0 Å². The van der Waals surface area contributed by atoms with Crippen molar-refractivity contribution in [2.45, 2.75) is 27.2 Å². The average Bonchev–Trinajstić information content (AvgIpc) is 1.86. The number of hydrogen-bond donors (Lipinski definition) is 1. The van der Waals surface area contributed by atoms with E-state index in [9.17, 15) is 5.11 Å². The lowest BCUT2D eigenvalue weighted by atomic mass is 9.63. The molecule has 0 bridgehead atoms. The Bertz CT molecular complexity index is 131. The fourth-order valence-corrected chi connectivity index (χ4v) is 1.59. The van der Waals surface area contributed by atoms with Gasteiger partial charge in [0, 0.05) is 12.0 Å². The Morgan fingerprint density at radius 2 is 2.00 bits per heavy atom. The van der Waals surface area contributed by atoms with Crippen molar-refractivity contribution in [1.82, 2.24) is 0 Å². The maximum atomic E-state index is 9.17. The van der Waals surface area contributed by atoms with Gasteiger partial charge >= 0.3 is 0 Å². The summed E-state index contributed by atoms with van der Waals surface area (Å²) in [6.45, 7) is 8.27. The SMILES string of the molecule is CCC1(C(C)(C)CO)COC1. The van der Waals surface area contributed by atoms with Crippen LogP contribution < -0.4 is 0 Å². The first-order valence-corrected chi connectivity index (χ1v) is 4.26. The van der Waals surface area contributed by atoms with Gasteiger partial charge in [-0.15, -0.1) is 0 Å². The minimum absolute atomic E-state index is 0.0139. The number of aliphatic hydroxyl groups is 1. The highest BCUT2D eigenvalue weighted by molar-refractivity contribution is 4.96. The molecule has 1 N–H and O–H groups in total. The van der Waals surface area contributed by atoms with Crippen LogP contribution in [0.5, 0.6) is 0 Å². The van der Waals surface area contributed by atoms with Crippen molar-refractivity contribution in [3.8, 4) is 0 Å². The molecule has 1 saturated heterocycles. The zero-order valence-electron chi connectivity index (χ0n) is 7.68. The van der Waals surface area contributed by atoms with Gasteiger partial charge in [0.2, 0.25) is 0 Å². The van der Waals surface area contributed by atoms with Crippen LogP contribution in [0.15, 0.2) is 0 Å². The lowest BCUT2D eigenvalue weighted by Gasteiger charge is -2.51.